The molecule has 3 aromatic rings. The van der Waals surface area contributed by atoms with E-state index in [1.54, 1.807) is 19.3 Å². The number of pyridine rings is 1. The van der Waals surface area contributed by atoms with E-state index >= 15 is 0 Å². The van der Waals surface area contributed by atoms with Crippen LogP contribution >= 0.6 is 11.6 Å². The Hall–Kier alpha value is -3.70. The van der Waals surface area contributed by atoms with Gasteiger partial charge in [0.1, 0.15) is 0 Å². The lowest BCUT2D eigenvalue weighted by atomic mass is 9.95. The van der Waals surface area contributed by atoms with E-state index in [0.717, 1.165) is 55.5 Å². The number of fused-ring (bicyclic) bond motifs is 1. The molecule has 2 amide bonds. The molecule has 1 aromatic carbocycles. The molecule has 11 nitrogen and oxygen atoms in total. The quantitative estimate of drug-likeness (QED) is 0.449. The first kappa shape index (κ1) is 28.8. The number of aryl methyl sites for hydroxylation is 1. The Bertz CT molecular complexity index is 1490. The first-order valence-electron chi connectivity index (χ1n) is 13.9. The molecule has 2 fully saturated rings. The molecule has 218 valence electrons. The minimum absolute atomic E-state index is 0.0419. The van der Waals surface area contributed by atoms with Crippen LogP contribution in [0.5, 0.6) is 5.75 Å². The zero-order valence-corrected chi connectivity index (χ0v) is 24.5. The molecule has 0 spiro atoms. The van der Waals surface area contributed by atoms with Crippen LogP contribution in [0.25, 0.3) is 10.9 Å². The van der Waals surface area contributed by atoms with Crippen LogP contribution in [0.15, 0.2) is 35.3 Å². The minimum Gasteiger partial charge on any atom is -0.478 e. The molecule has 12 heteroatoms. The van der Waals surface area contributed by atoms with Crippen LogP contribution in [0.4, 0.5) is 5.95 Å². The second-order valence-corrected chi connectivity index (χ2v) is 11.2. The van der Waals surface area contributed by atoms with Gasteiger partial charge in [0.2, 0.25) is 11.9 Å². The lowest BCUT2D eigenvalue weighted by Gasteiger charge is -2.37. The zero-order valence-electron chi connectivity index (χ0n) is 23.7. The maximum Gasteiger partial charge on any atom is 0.293 e. The SMILES string of the molecule is CNC(=O)COc1cc2cc(Cc3nc(N4CCC(C(=O)N5CCN(C)CC5)CC4)ncc3Cl)ccc2n(C)c1=O. The molecule has 2 aliphatic heterocycles. The first-order valence-corrected chi connectivity index (χ1v) is 14.3. The number of ether oxygens (including phenoxy) is 1. The van der Waals surface area contributed by atoms with E-state index in [9.17, 15) is 14.4 Å². The maximum atomic E-state index is 13.0. The highest BCUT2D eigenvalue weighted by atomic mass is 35.5. The van der Waals surface area contributed by atoms with Gasteiger partial charge in [0, 0.05) is 71.1 Å². The summed E-state index contributed by atoms with van der Waals surface area (Å²) in [7, 11) is 5.28. The summed E-state index contributed by atoms with van der Waals surface area (Å²) >= 11 is 6.52. The van der Waals surface area contributed by atoms with Gasteiger partial charge in [0.15, 0.2) is 12.4 Å². The van der Waals surface area contributed by atoms with Crippen LogP contribution < -0.4 is 20.5 Å². The zero-order chi connectivity index (χ0) is 29.1. The van der Waals surface area contributed by atoms with Gasteiger partial charge < -0.3 is 29.3 Å². The fourth-order valence-corrected chi connectivity index (χ4v) is 5.56. The van der Waals surface area contributed by atoms with E-state index < -0.39 is 0 Å². The fraction of sp³-hybridized carbons (Fsp3) is 0.483. The first-order chi connectivity index (χ1) is 19.7. The van der Waals surface area contributed by atoms with Gasteiger partial charge in [-0.1, -0.05) is 17.7 Å². The number of anilines is 1. The number of aromatic nitrogens is 3. The lowest BCUT2D eigenvalue weighted by molar-refractivity contribution is -0.137. The molecule has 0 unspecified atom stereocenters. The average Bonchev–Trinajstić information content (AvgIpc) is 2.99. The molecular weight excluding hydrogens is 546 g/mol. The summed E-state index contributed by atoms with van der Waals surface area (Å²) < 4.78 is 6.99. The number of halogens is 1. The summed E-state index contributed by atoms with van der Waals surface area (Å²) in [4.78, 5) is 53.0. The molecule has 0 atom stereocenters. The van der Waals surface area contributed by atoms with E-state index in [0.29, 0.717) is 36.2 Å². The standard InChI is InChI=1S/C29H36ClN7O4/c1-31-26(38)18-41-25-16-21-14-19(4-5-24(21)35(3)28(25)40)15-23-22(30)17-32-29(33-23)37-8-6-20(7-9-37)27(39)36-12-10-34(2)11-13-36/h4-5,14,16-17,20H,6-13,15,18H2,1-3H3,(H,31,38). The number of likely N-dealkylation sites (N-methyl/N-ethyl adjacent to an activating group) is 2. The highest BCUT2D eigenvalue weighted by molar-refractivity contribution is 6.31. The van der Waals surface area contributed by atoms with Gasteiger partial charge >= 0.3 is 0 Å². The van der Waals surface area contributed by atoms with Gasteiger partial charge in [0.25, 0.3) is 11.5 Å². The smallest absolute Gasteiger partial charge is 0.293 e. The number of carbonyl (C=O) groups excluding carboxylic acids is 2. The number of rotatable bonds is 7. The molecular formula is C29H36ClN7O4. The predicted molar refractivity (Wildman–Crippen MR) is 158 cm³/mol. The number of carbonyl (C=O) groups is 2. The number of nitrogens with zero attached hydrogens (tertiary/aromatic N) is 6. The molecule has 0 aliphatic carbocycles. The molecule has 5 rings (SSSR count). The Morgan fingerprint density at radius 2 is 1.80 bits per heavy atom. The van der Waals surface area contributed by atoms with Crippen molar-refractivity contribution in [2.75, 3.05) is 64.9 Å². The highest BCUT2D eigenvalue weighted by Crippen LogP contribution is 2.26. The van der Waals surface area contributed by atoms with Crippen LogP contribution in [0.3, 0.4) is 0 Å². The monoisotopic (exact) mass is 581 g/mol. The Morgan fingerprint density at radius 3 is 2.51 bits per heavy atom. The molecule has 41 heavy (non-hydrogen) atoms. The summed E-state index contributed by atoms with van der Waals surface area (Å²) in [6, 6.07) is 7.45. The molecule has 2 aromatic heterocycles. The second-order valence-electron chi connectivity index (χ2n) is 10.8. The van der Waals surface area contributed by atoms with Gasteiger partial charge in [-0.05, 0) is 43.7 Å². The Morgan fingerprint density at radius 1 is 1.07 bits per heavy atom. The number of hydrogen-bond donors (Lipinski definition) is 1. The Labute approximate surface area is 244 Å². The van der Waals surface area contributed by atoms with E-state index in [2.05, 4.69) is 27.1 Å². The molecule has 0 bridgehead atoms. The third kappa shape index (κ3) is 6.46. The van der Waals surface area contributed by atoms with Crippen molar-refractivity contribution in [3.63, 3.8) is 0 Å². The van der Waals surface area contributed by atoms with E-state index in [-0.39, 0.29) is 35.6 Å². The number of amides is 2. The Balaban J connectivity index is 1.28. The van der Waals surface area contributed by atoms with Gasteiger partial charge in [-0.3, -0.25) is 14.4 Å². The molecule has 4 heterocycles. The normalized spacial score (nSPS) is 16.7. The molecule has 2 aliphatic rings. The largest absolute Gasteiger partial charge is 0.478 e. The van der Waals surface area contributed by atoms with Gasteiger partial charge in [0.05, 0.1) is 22.4 Å². The topological polar surface area (TPSA) is 113 Å². The number of piperidine rings is 1. The Kier molecular flexibility index (Phi) is 8.74. The van der Waals surface area contributed by atoms with E-state index in [1.807, 2.05) is 23.1 Å². The van der Waals surface area contributed by atoms with Crippen molar-refractivity contribution < 1.29 is 14.3 Å². The number of nitrogens with one attached hydrogen (secondary N) is 1. The van der Waals surface area contributed by atoms with Crippen molar-refractivity contribution in [2.24, 2.45) is 13.0 Å². The lowest BCUT2D eigenvalue weighted by Crippen LogP contribution is -2.50. The molecule has 0 saturated carbocycles. The molecule has 0 radical (unpaired) electrons. The van der Waals surface area contributed by atoms with Crippen molar-refractivity contribution in [2.45, 2.75) is 19.3 Å². The van der Waals surface area contributed by atoms with Crippen LogP contribution in [-0.4, -0.2) is 96.1 Å². The molecule has 2 saturated heterocycles. The number of piperazine rings is 1. The van der Waals surface area contributed by atoms with Crippen LogP contribution in [-0.2, 0) is 23.1 Å². The number of hydrogen-bond acceptors (Lipinski definition) is 8. The van der Waals surface area contributed by atoms with Crippen molar-refractivity contribution >= 4 is 40.3 Å². The predicted octanol–water partition coefficient (Wildman–Crippen LogP) is 1.69. The van der Waals surface area contributed by atoms with Crippen LogP contribution in [0, 0.1) is 5.92 Å². The third-order valence-corrected chi connectivity index (χ3v) is 8.33. The third-order valence-electron chi connectivity index (χ3n) is 8.01. The number of benzene rings is 1. The summed E-state index contributed by atoms with van der Waals surface area (Å²) in [5.41, 5.74) is 2.09. The molecule has 1 N–H and O–H groups in total. The summed E-state index contributed by atoms with van der Waals surface area (Å²) in [5, 5.41) is 3.76. The van der Waals surface area contributed by atoms with E-state index in [4.69, 9.17) is 21.3 Å². The van der Waals surface area contributed by atoms with Gasteiger partial charge in [-0.25, -0.2) is 9.97 Å². The van der Waals surface area contributed by atoms with Crippen molar-refractivity contribution in [1.82, 2.24) is 29.7 Å². The van der Waals surface area contributed by atoms with Crippen molar-refractivity contribution in [3.05, 3.63) is 57.1 Å². The summed E-state index contributed by atoms with van der Waals surface area (Å²) in [5.74, 6) is 0.716. The van der Waals surface area contributed by atoms with E-state index in [1.165, 1.54) is 11.6 Å². The van der Waals surface area contributed by atoms with Crippen molar-refractivity contribution in [1.29, 1.82) is 0 Å². The van der Waals surface area contributed by atoms with Crippen LogP contribution in [0.1, 0.15) is 24.1 Å². The minimum atomic E-state index is -0.319. The van der Waals surface area contributed by atoms with Crippen molar-refractivity contribution in [3.8, 4) is 5.75 Å². The average molecular weight is 582 g/mol. The summed E-state index contributed by atoms with van der Waals surface area (Å²) in [6.45, 7) is 4.64. The highest BCUT2D eigenvalue weighted by Gasteiger charge is 2.30. The van der Waals surface area contributed by atoms with Crippen LogP contribution in [0.2, 0.25) is 5.02 Å². The fourth-order valence-electron chi connectivity index (χ4n) is 5.40. The summed E-state index contributed by atoms with van der Waals surface area (Å²) in [6.07, 6.45) is 3.66. The maximum absolute atomic E-state index is 13.0. The van der Waals surface area contributed by atoms with Gasteiger partial charge in [-0.15, -0.1) is 0 Å². The second kappa shape index (κ2) is 12.4. The van der Waals surface area contributed by atoms with Gasteiger partial charge in [-0.2, -0.15) is 0 Å².